The quantitative estimate of drug-likeness (QED) is 0.414. The number of nitrogens with one attached hydrogen (secondary N) is 1. The summed E-state index contributed by atoms with van der Waals surface area (Å²) in [6.45, 7) is 0.490. The maximum absolute atomic E-state index is 13.4. The Labute approximate surface area is 181 Å². The second kappa shape index (κ2) is 7.18. The van der Waals surface area contributed by atoms with Gasteiger partial charge in [0.15, 0.2) is 0 Å². The third-order valence-corrected chi connectivity index (χ3v) is 6.62. The Morgan fingerprint density at radius 1 is 0.968 bits per heavy atom. The minimum Gasteiger partial charge on any atom is -0.361 e. The van der Waals surface area contributed by atoms with Crippen LogP contribution in [-0.2, 0) is 13.0 Å². The normalized spacial score (nSPS) is 11.6. The molecule has 0 bridgehead atoms. The smallest absolute Gasteiger partial charge is 0.276 e. The summed E-state index contributed by atoms with van der Waals surface area (Å²) in [5.41, 5.74) is 4.97. The molecule has 0 aliphatic rings. The molecule has 4 aromatic heterocycles. The Morgan fingerprint density at radius 3 is 2.87 bits per heavy atom. The molecule has 5 nitrogen and oxygen atoms in total. The van der Waals surface area contributed by atoms with Crippen LogP contribution in [0.3, 0.4) is 0 Å². The SMILES string of the molecule is O=c1c2c(-c3cccc4[nH]ccc34)csc2cnn1CCc1ccc2ccccc2n1. The van der Waals surface area contributed by atoms with Crippen LogP contribution < -0.4 is 5.56 Å². The molecule has 0 spiro atoms. The lowest BCUT2D eigenvalue weighted by atomic mass is 10.0. The van der Waals surface area contributed by atoms with Gasteiger partial charge in [0.2, 0.25) is 0 Å². The van der Waals surface area contributed by atoms with Crippen molar-refractivity contribution in [2.24, 2.45) is 0 Å². The molecular formula is C25H18N4OS. The van der Waals surface area contributed by atoms with Crippen molar-refractivity contribution in [2.75, 3.05) is 0 Å². The highest BCUT2D eigenvalue weighted by molar-refractivity contribution is 7.17. The van der Waals surface area contributed by atoms with E-state index in [0.717, 1.165) is 48.7 Å². The van der Waals surface area contributed by atoms with E-state index >= 15 is 0 Å². The van der Waals surface area contributed by atoms with Crippen LogP contribution in [0.4, 0.5) is 0 Å². The molecule has 1 N–H and O–H groups in total. The average molecular weight is 423 g/mol. The molecule has 0 radical (unpaired) electrons. The maximum Gasteiger partial charge on any atom is 0.276 e. The van der Waals surface area contributed by atoms with Gasteiger partial charge in [-0.2, -0.15) is 5.10 Å². The van der Waals surface area contributed by atoms with Gasteiger partial charge in [-0.15, -0.1) is 11.3 Å². The van der Waals surface area contributed by atoms with Gasteiger partial charge < -0.3 is 4.98 Å². The number of rotatable bonds is 4. The molecule has 0 atom stereocenters. The van der Waals surface area contributed by atoms with Gasteiger partial charge in [0.25, 0.3) is 5.56 Å². The molecule has 0 fully saturated rings. The molecular weight excluding hydrogens is 404 g/mol. The number of benzene rings is 2. The number of aromatic nitrogens is 4. The topological polar surface area (TPSA) is 63.6 Å². The molecule has 6 heteroatoms. The van der Waals surface area contributed by atoms with Crippen LogP contribution in [0.5, 0.6) is 0 Å². The minimum atomic E-state index is -0.0536. The van der Waals surface area contributed by atoms with E-state index in [1.165, 1.54) is 0 Å². The average Bonchev–Trinajstić information content (AvgIpc) is 3.46. The van der Waals surface area contributed by atoms with Crippen LogP contribution in [0.15, 0.2) is 83.2 Å². The molecule has 0 saturated heterocycles. The van der Waals surface area contributed by atoms with Crippen molar-refractivity contribution in [3.05, 3.63) is 94.5 Å². The second-order valence-electron chi connectivity index (χ2n) is 7.55. The van der Waals surface area contributed by atoms with E-state index in [2.05, 4.69) is 39.7 Å². The lowest BCUT2D eigenvalue weighted by Crippen LogP contribution is -2.23. The fraction of sp³-hybridized carbons (Fsp3) is 0.0800. The Hall–Kier alpha value is -3.77. The molecule has 6 aromatic rings. The highest BCUT2D eigenvalue weighted by atomic mass is 32.1. The van der Waals surface area contributed by atoms with Crippen LogP contribution in [0.25, 0.3) is 43.0 Å². The Morgan fingerprint density at radius 2 is 1.90 bits per heavy atom. The number of nitrogens with zero attached hydrogens (tertiary/aromatic N) is 3. The lowest BCUT2D eigenvalue weighted by Gasteiger charge is -2.07. The van der Waals surface area contributed by atoms with Crippen molar-refractivity contribution in [3.8, 4) is 11.1 Å². The number of hydrogen-bond acceptors (Lipinski definition) is 4. The first-order valence-corrected chi connectivity index (χ1v) is 11.0. The van der Waals surface area contributed by atoms with Gasteiger partial charge in [0.05, 0.1) is 28.3 Å². The number of aryl methyl sites for hydroxylation is 2. The molecule has 0 amide bonds. The molecule has 0 aliphatic heterocycles. The number of H-pyrrole nitrogens is 1. The summed E-state index contributed by atoms with van der Waals surface area (Å²) in [6, 6.07) is 20.3. The Balaban J connectivity index is 1.39. The van der Waals surface area contributed by atoms with Crippen LogP contribution in [0, 0.1) is 0 Å². The molecule has 2 aromatic carbocycles. The molecule has 0 aliphatic carbocycles. The number of pyridine rings is 1. The number of thiophene rings is 1. The van der Waals surface area contributed by atoms with Gasteiger partial charge in [-0.25, -0.2) is 4.68 Å². The van der Waals surface area contributed by atoms with Gasteiger partial charge in [0.1, 0.15) is 0 Å². The van der Waals surface area contributed by atoms with Crippen molar-refractivity contribution in [1.29, 1.82) is 0 Å². The predicted molar refractivity (Wildman–Crippen MR) is 127 cm³/mol. The number of hydrogen-bond donors (Lipinski definition) is 1. The van der Waals surface area contributed by atoms with Gasteiger partial charge >= 0.3 is 0 Å². The molecule has 6 rings (SSSR count). The standard InChI is InChI=1S/C25H18N4OS/c30-25-24-20(18-5-3-7-22-19(18)10-12-26-22)15-31-23(24)14-27-29(25)13-11-17-9-8-16-4-1-2-6-21(16)28-17/h1-10,12,14-15,26H,11,13H2. The zero-order valence-corrected chi connectivity index (χ0v) is 17.4. The van der Waals surface area contributed by atoms with Gasteiger partial charge in [-0.3, -0.25) is 9.78 Å². The van der Waals surface area contributed by atoms with Crippen LogP contribution in [-0.4, -0.2) is 19.7 Å². The van der Waals surface area contributed by atoms with E-state index in [9.17, 15) is 4.79 Å². The second-order valence-corrected chi connectivity index (χ2v) is 8.46. The first-order chi connectivity index (χ1) is 15.3. The fourth-order valence-electron chi connectivity index (χ4n) is 4.14. The Bertz CT molecular complexity index is 1630. The van der Waals surface area contributed by atoms with E-state index in [0.29, 0.717) is 13.0 Å². The molecule has 4 heterocycles. The van der Waals surface area contributed by atoms with Crippen LogP contribution in [0.2, 0.25) is 0 Å². The monoisotopic (exact) mass is 422 g/mol. The highest BCUT2D eigenvalue weighted by Gasteiger charge is 2.15. The van der Waals surface area contributed by atoms with Crippen molar-refractivity contribution in [3.63, 3.8) is 0 Å². The third-order valence-electron chi connectivity index (χ3n) is 5.70. The summed E-state index contributed by atoms with van der Waals surface area (Å²) in [4.78, 5) is 21.3. The maximum atomic E-state index is 13.4. The van der Waals surface area contributed by atoms with E-state index in [4.69, 9.17) is 4.98 Å². The predicted octanol–water partition coefficient (Wildman–Crippen LogP) is 5.40. The van der Waals surface area contributed by atoms with Gasteiger partial charge in [0, 0.05) is 45.5 Å². The van der Waals surface area contributed by atoms with E-state index in [1.807, 2.05) is 42.6 Å². The molecule has 0 saturated carbocycles. The summed E-state index contributed by atoms with van der Waals surface area (Å²) in [6.07, 6.45) is 4.38. The Kier molecular flexibility index (Phi) is 4.18. The number of aromatic amines is 1. The minimum absolute atomic E-state index is 0.0536. The third kappa shape index (κ3) is 3.04. The van der Waals surface area contributed by atoms with E-state index in [-0.39, 0.29) is 5.56 Å². The van der Waals surface area contributed by atoms with Crippen molar-refractivity contribution in [2.45, 2.75) is 13.0 Å². The first kappa shape index (κ1) is 18.0. The number of fused-ring (bicyclic) bond motifs is 3. The summed E-state index contributed by atoms with van der Waals surface area (Å²) >= 11 is 1.56. The highest BCUT2D eigenvalue weighted by Crippen LogP contribution is 2.35. The van der Waals surface area contributed by atoms with E-state index < -0.39 is 0 Å². The van der Waals surface area contributed by atoms with Crippen LogP contribution >= 0.6 is 11.3 Å². The molecule has 31 heavy (non-hydrogen) atoms. The molecule has 150 valence electrons. The van der Waals surface area contributed by atoms with Gasteiger partial charge in [-0.1, -0.05) is 36.4 Å². The first-order valence-electron chi connectivity index (χ1n) is 10.2. The summed E-state index contributed by atoms with van der Waals surface area (Å²) in [5, 5.41) is 9.45. The van der Waals surface area contributed by atoms with Gasteiger partial charge in [-0.05, 0) is 29.8 Å². The fourth-order valence-corrected chi connectivity index (χ4v) is 5.05. The summed E-state index contributed by atoms with van der Waals surface area (Å²) in [5.74, 6) is 0. The van der Waals surface area contributed by atoms with Crippen LogP contribution in [0.1, 0.15) is 5.69 Å². The van der Waals surface area contributed by atoms with E-state index in [1.54, 1.807) is 22.2 Å². The summed E-state index contributed by atoms with van der Waals surface area (Å²) < 4.78 is 2.47. The summed E-state index contributed by atoms with van der Waals surface area (Å²) in [7, 11) is 0. The zero-order chi connectivity index (χ0) is 20.8. The van der Waals surface area contributed by atoms with Crippen molar-refractivity contribution in [1.82, 2.24) is 19.7 Å². The number of para-hydroxylation sites is 1. The zero-order valence-electron chi connectivity index (χ0n) is 16.6. The van der Waals surface area contributed by atoms with Crippen molar-refractivity contribution >= 4 is 43.2 Å². The lowest BCUT2D eigenvalue weighted by molar-refractivity contribution is 0.580. The largest absolute Gasteiger partial charge is 0.361 e. The molecule has 0 unspecified atom stereocenters. The van der Waals surface area contributed by atoms with Crippen molar-refractivity contribution < 1.29 is 0 Å².